The molecule has 1 saturated heterocycles. The van der Waals surface area contributed by atoms with Gasteiger partial charge >= 0.3 is 0 Å². The molecular formula is C25H29N7O. The summed E-state index contributed by atoms with van der Waals surface area (Å²) in [5.74, 6) is 2.07. The largest absolute Gasteiger partial charge is 0.378 e. The Morgan fingerprint density at radius 2 is 1.82 bits per heavy atom. The van der Waals surface area contributed by atoms with Crippen LogP contribution in [0.2, 0.25) is 0 Å². The summed E-state index contributed by atoms with van der Waals surface area (Å²) >= 11 is 0. The topological polar surface area (TPSA) is 91.0 Å². The van der Waals surface area contributed by atoms with Crippen LogP contribution in [0.15, 0.2) is 54.7 Å². The molecule has 4 aromatic rings. The lowest BCUT2D eigenvalue weighted by molar-refractivity contribution is 0.122. The lowest BCUT2D eigenvalue weighted by Gasteiger charge is -2.27. The standard InChI is InChI=1S/C25H29N7O/c1-26-10-11-27-17-18-4-2-5-19(16-18)23-29-24(21-6-3-7-22-20(21)8-9-28-22)31-25(30-23)32-12-14-33-15-13-32/h2-9,16,26-28H,10-15,17H2,1H3. The second kappa shape index (κ2) is 10.1. The number of likely N-dealkylation sites (N-methyl/N-ethyl adjacent to an activating group) is 1. The molecule has 2 aromatic carbocycles. The molecule has 33 heavy (non-hydrogen) atoms. The quantitative estimate of drug-likeness (QED) is 0.361. The lowest BCUT2D eigenvalue weighted by atomic mass is 10.1. The Bertz CT molecular complexity index is 1220. The molecule has 1 aliphatic rings. The number of aromatic amines is 1. The van der Waals surface area contributed by atoms with Gasteiger partial charge in [0, 0.05) is 61.0 Å². The average Bonchev–Trinajstić information content (AvgIpc) is 3.36. The lowest BCUT2D eigenvalue weighted by Crippen LogP contribution is -2.37. The van der Waals surface area contributed by atoms with Crippen molar-refractivity contribution in [3.05, 3.63) is 60.3 Å². The summed E-state index contributed by atoms with van der Waals surface area (Å²) in [6.45, 7) is 5.55. The summed E-state index contributed by atoms with van der Waals surface area (Å²) < 4.78 is 5.54. The number of benzene rings is 2. The fourth-order valence-electron chi connectivity index (χ4n) is 4.07. The number of H-pyrrole nitrogens is 1. The number of hydrogen-bond acceptors (Lipinski definition) is 7. The monoisotopic (exact) mass is 443 g/mol. The first-order valence-corrected chi connectivity index (χ1v) is 11.4. The molecule has 1 fully saturated rings. The SMILES string of the molecule is CNCCNCc1cccc(-c2nc(-c3cccc4[nH]ccc34)nc(N3CCOCC3)n2)c1. The molecule has 0 saturated carbocycles. The van der Waals surface area contributed by atoms with Crippen molar-refractivity contribution in [2.45, 2.75) is 6.54 Å². The van der Waals surface area contributed by atoms with Crippen LogP contribution in [0.4, 0.5) is 5.95 Å². The van der Waals surface area contributed by atoms with Gasteiger partial charge in [-0.2, -0.15) is 9.97 Å². The van der Waals surface area contributed by atoms with Gasteiger partial charge in [0.15, 0.2) is 11.6 Å². The third-order valence-corrected chi connectivity index (χ3v) is 5.82. The summed E-state index contributed by atoms with van der Waals surface area (Å²) in [5, 5.41) is 7.72. The number of fused-ring (bicyclic) bond motifs is 1. The zero-order valence-electron chi connectivity index (χ0n) is 18.8. The highest BCUT2D eigenvalue weighted by Gasteiger charge is 2.19. The van der Waals surface area contributed by atoms with Crippen LogP contribution < -0.4 is 15.5 Å². The highest BCUT2D eigenvalue weighted by Crippen LogP contribution is 2.29. The molecule has 0 bridgehead atoms. The van der Waals surface area contributed by atoms with Gasteiger partial charge in [-0.25, -0.2) is 4.98 Å². The van der Waals surface area contributed by atoms with Gasteiger partial charge < -0.3 is 25.3 Å². The van der Waals surface area contributed by atoms with Crippen LogP contribution >= 0.6 is 0 Å². The molecule has 0 amide bonds. The smallest absolute Gasteiger partial charge is 0.229 e. The van der Waals surface area contributed by atoms with Crippen LogP contribution in [-0.4, -0.2) is 66.4 Å². The summed E-state index contributed by atoms with van der Waals surface area (Å²) in [7, 11) is 1.96. The minimum absolute atomic E-state index is 0.678. The Morgan fingerprint density at radius 3 is 2.70 bits per heavy atom. The van der Waals surface area contributed by atoms with Gasteiger partial charge in [-0.15, -0.1) is 0 Å². The molecule has 5 rings (SSSR count). The second-order valence-corrected chi connectivity index (χ2v) is 8.11. The van der Waals surface area contributed by atoms with Crippen LogP contribution in [0, 0.1) is 0 Å². The first kappa shape index (κ1) is 21.5. The minimum atomic E-state index is 0.678. The van der Waals surface area contributed by atoms with Crippen LogP contribution in [-0.2, 0) is 11.3 Å². The molecule has 0 aliphatic carbocycles. The fraction of sp³-hybridized carbons (Fsp3) is 0.320. The van der Waals surface area contributed by atoms with Crippen LogP contribution in [0.5, 0.6) is 0 Å². The predicted molar refractivity (Wildman–Crippen MR) is 131 cm³/mol. The molecule has 0 unspecified atom stereocenters. The van der Waals surface area contributed by atoms with Crippen molar-refractivity contribution in [3.8, 4) is 22.8 Å². The normalized spacial score (nSPS) is 14.2. The number of anilines is 1. The number of rotatable bonds is 8. The maximum absolute atomic E-state index is 5.54. The van der Waals surface area contributed by atoms with Gasteiger partial charge in [0.1, 0.15) is 0 Å². The van der Waals surface area contributed by atoms with Crippen molar-refractivity contribution in [1.82, 2.24) is 30.6 Å². The summed E-state index contributed by atoms with van der Waals surface area (Å²) in [4.78, 5) is 20.2. The van der Waals surface area contributed by atoms with Crippen LogP contribution in [0.25, 0.3) is 33.7 Å². The number of nitrogens with zero attached hydrogens (tertiary/aromatic N) is 4. The molecule has 0 atom stereocenters. The Morgan fingerprint density at radius 1 is 0.970 bits per heavy atom. The van der Waals surface area contributed by atoms with Gasteiger partial charge in [0.05, 0.1) is 13.2 Å². The Labute approximate surface area is 193 Å². The van der Waals surface area contributed by atoms with E-state index < -0.39 is 0 Å². The average molecular weight is 444 g/mol. The van der Waals surface area contributed by atoms with E-state index in [1.165, 1.54) is 5.56 Å². The van der Waals surface area contributed by atoms with Crippen molar-refractivity contribution in [3.63, 3.8) is 0 Å². The molecule has 8 nitrogen and oxygen atoms in total. The van der Waals surface area contributed by atoms with Gasteiger partial charge in [0.25, 0.3) is 0 Å². The van der Waals surface area contributed by atoms with E-state index in [2.05, 4.69) is 63.0 Å². The molecule has 3 heterocycles. The van der Waals surface area contributed by atoms with Crippen LogP contribution in [0.1, 0.15) is 5.56 Å². The number of ether oxygens (including phenoxy) is 1. The van der Waals surface area contributed by atoms with Crippen molar-refractivity contribution in [1.29, 1.82) is 0 Å². The summed E-state index contributed by atoms with van der Waals surface area (Å²) in [6, 6.07) is 16.6. The van der Waals surface area contributed by atoms with E-state index in [0.717, 1.165) is 54.8 Å². The minimum Gasteiger partial charge on any atom is -0.378 e. The molecule has 3 N–H and O–H groups in total. The first-order valence-electron chi connectivity index (χ1n) is 11.4. The van der Waals surface area contributed by atoms with E-state index in [1.54, 1.807) is 0 Å². The maximum atomic E-state index is 5.54. The number of nitrogens with one attached hydrogen (secondary N) is 3. The summed E-state index contributed by atoms with van der Waals surface area (Å²) in [6.07, 6.45) is 1.95. The Hall–Kier alpha value is -3.33. The third kappa shape index (κ3) is 4.88. The molecule has 170 valence electrons. The highest BCUT2D eigenvalue weighted by atomic mass is 16.5. The molecule has 2 aromatic heterocycles. The second-order valence-electron chi connectivity index (χ2n) is 8.11. The van der Waals surface area contributed by atoms with Gasteiger partial charge in [-0.1, -0.05) is 30.3 Å². The van der Waals surface area contributed by atoms with Crippen molar-refractivity contribution >= 4 is 16.9 Å². The molecule has 8 heteroatoms. The highest BCUT2D eigenvalue weighted by molar-refractivity contribution is 5.93. The Kier molecular flexibility index (Phi) is 6.57. The number of morpholine rings is 1. The number of aromatic nitrogens is 4. The van der Waals surface area contributed by atoms with E-state index >= 15 is 0 Å². The molecule has 0 radical (unpaired) electrons. The van der Waals surface area contributed by atoms with Crippen LogP contribution in [0.3, 0.4) is 0 Å². The third-order valence-electron chi connectivity index (χ3n) is 5.82. The molecule has 1 aliphatic heterocycles. The van der Waals surface area contributed by atoms with E-state index in [9.17, 15) is 0 Å². The Balaban J connectivity index is 1.54. The molecule has 0 spiro atoms. The van der Waals surface area contributed by atoms with Gasteiger partial charge in [-0.3, -0.25) is 0 Å². The van der Waals surface area contributed by atoms with E-state index in [-0.39, 0.29) is 0 Å². The predicted octanol–water partition coefficient (Wildman–Crippen LogP) is 2.83. The van der Waals surface area contributed by atoms with Crippen molar-refractivity contribution in [2.24, 2.45) is 0 Å². The maximum Gasteiger partial charge on any atom is 0.229 e. The molecular weight excluding hydrogens is 414 g/mol. The zero-order valence-corrected chi connectivity index (χ0v) is 18.8. The van der Waals surface area contributed by atoms with Crippen molar-refractivity contribution < 1.29 is 4.74 Å². The number of hydrogen-bond donors (Lipinski definition) is 3. The summed E-state index contributed by atoms with van der Waals surface area (Å²) in [5.41, 5.74) is 4.25. The van der Waals surface area contributed by atoms with E-state index in [1.807, 2.05) is 19.3 Å². The zero-order chi connectivity index (χ0) is 22.5. The van der Waals surface area contributed by atoms with Gasteiger partial charge in [-0.05, 0) is 30.8 Å². The fourth-order valence-corrected chi connectivity index (χ4v) is 4.07. The van der Waals surface area contributed by atoms with Gasteiger partial charge in [0.2, 0.25) is 5.95 Å². The van der Waals surface area contributed by atoms with Crippen molar-refractivity contribution in [2.75, 3.05) is 51.3 Å². The van der Waals surface area contributed by atoms with E-state index in [4.69, 9.17) is 19.7 Å². The van der Waals surface area contributed by atoms with E-state index in [0.29, 0.717) is 30.8 Å². The first-order chi connectivity index (χ1) is 16.3.